The van der Waals surface area contributed by atoms with Crippen LogP contribution in [-0.4, -0.2) is 77.1 Å². The Kier molecular flexibility index (Phi) is 15.5. The van der Waals surface area contributed by atoms with Crippen molar-refractivity contribution in [3.8, 4) is 11.5 Å². The maximum atomic E-state index is 13.8. The number of methoxy groups -OCH3 is 1. The number of rotatable bonds is 21. The van der Waals surface area contributed by atoms with E-state index >= 15 is 0 Å². The first-order chi connectivity index (χ1) is 21.4. The van der Waals surface area contributed by atoms with Crippen molar-refractivity contribution in [2.75, 3.05) is 26.8 Å². The molecule has 0 spiro atoms. The molecule has 1 aliphatic carbocycles. The Morgan fingerprint density at radius 1 is 0.932 bits per heavy atom. The minimum absolute atomic E-state index is 0.0195. The number of unbranched alkanes of at least 4 members (excludes halogenated alkanes) is 11. The third-order valence-corrected chi connectivity index (χ3v) is 8.92. The van der Waals surface area contributed by atoms with E-state index in [4.69, 9.17) is 9.47 Å². The predicted octanol–water partition coefficient (Wildman–Crippen LogP) is 5.14. The highest BCUT2D eigenvalue weighted by Crippen LogP contribution is 2.51. The van der Waals surface area contributed by atoms with E-state index in [9.17, 15) is 24.9 Å². The molecule has 0 saturated carbocycles. The Morgan fingerprint density at radius 2 is 1.57 bits per heavy atom. The first kappa shape index (κ1) is 35.9. The molecule has 2 aliphatic rings. The van der Waals surface area contributed by atoms with Gasteiger partial charge in [-0.05, 0) is 36.6 Å². The fourth-order valence-corrected chi connectivity index (χ4v) is 6.50. The smallest absolute Gasteiger partial charge is 0.247 e. The van der Waals surface area contributed by atoms with Crippen molar-refractivity contribution < 1.29 is 34.4 Å². The molecule has 0 fully saturated rings. The molecule has 0 unspecified atom stereocenters. The first-order valence-corrected chi connectivity index (χ1v) is 17.0. The zero-order chi connectivity index (χ0) is 31.9. The molecule has 1 heterocycles. The summed E-state index contributed by atoms with van der Waals surface area (Å²) in [4.78, 5) is 29.0. The number of nitrogens with zero attached hydrogens (tertiary/aromatic N) is 1. The van der Waals surface area contributed by atoms with E-state index < -0.39 is 24.2 Å². The van der Waals surface area contributed by atoms with Gasteiger partial charge >= 0.3 is 0 Å². The molecule has 1 aromatic carbocycles. The molecule has 248 valence electrons. The molecule has 2 amide bonds. The molecule has 44 heavy (non-hydrogen) atoms. The van der Waals surface area contributed by atoms with E-state index in [1.165, 1.54) is 45.6 Å². The van der Waals surface area contributed by atoms with E-state index in [1.54, 1.807) is 23.1 Å². The van der Waals surface area contributed by atoms with Crippen LogP contribution in [0.2, 0.25) is 0 Å². The van der Waals surface area contributed by atoms with Gasteiger partial charge < -0.3 is 35.0 Å². The van der Waals surface area contributed by atoms with E-state index in [0.717, 1.165) is 44.9 Å². The monoisotopic (exact) mass is 616 g/mol. The molecule has 3 rings (SSSR count). The van der Waals surface area contributed by atoms with Gasteiger partial charge in [0.05, 0.1) is 32.3 Å². The molecule has 0 radical (unpaired) electrons. The van der Waals surface area contributed by atoms with Crippen LogP contribution in [0.3, 0.4) is 0 Å². The zero-order valence-electron chi connectivity index (χ0n) is 27.2. The summed E-state index contributed by atoms with van der Waals surface area (Å²) in [6.07, 6.45) is 14.6. The Bertz CT molecular complexity index is 1080. The van der Waals surface area contributed by atoms with Crippen LogP contribution in [0.1, 0.15) is 121 Å². The second kappa shape index (κ2) is 19.0. The van der Waals surface area contributed by atoms with Crippen molar-refractivity contribution >= 4 is 11.8 Å². The van der Waals surface area contributed by atoms with Gasteiger partial charge in [-0.25, -0.2) is 0 Å². The molecule has 0 saturated heterocycles. The van der Waals surface area contributed by atoms with Crippen molar-refractivity contribution in [2.45, 2.75) is 135 Å². The summed E-state index contributed by atoms with van der Waals surface area (Å²) < 4.78 is 11.9. The number of aliphatic hydroxyl groups excluding tert-OH is 3. The molecule has 4 N–H and O–H groups in total. The van der Waals surface area contributed by atoms with Crippen LogP contribution in [0.25, 0.3) is 0 Å². The second-order valence-corrected chi connectivity index (χ2v) is 12.2. The van der Waals surface area contributed by atoms with Gasteiger partial charge in [-0.2, -0.15) is 0 Å². The van der Waals surface area contributed by atoms with Gasteiger partial charge in [-0.3, -0.25) is 9.59 Å². The molecule has 9 heteroatoms. The van der Waals surface area contributed by atoms with Gasteiger partial charge in [0, 0.05) is 30.6 Å². The standard InChI is InChI=1S/C35H56N2O7/c1-4-6-8-10-11-12-13-14-15-17-30(40)37(19-16-9-7-5-2)28-23-27(35(42)36-18-20-38)31-26-21-25(24-39)22-29(43-3)33(26)44-34(31)32(28)41/h21-23,28,31-32,34,38-39,41H,4-20,24H2,1-3H3,(H,36,42)/t28-,31+,32+,34+/m1/s1. The van der Waals surface area contributed by atoms with Crippen LogP contribution >= 0.6 is 0 Å². The molecule has 0 bridgehead atoms. The Balaban J connectivity index is 1.84. The minimum atomic E-state index is -1.08. The summed E-state index contributed by atoms with van der Waals surface area (Å²) in [5, 5.41) is 33.8. The van der Waals surface area contributed by atoms with Gasteiger partial charge in [-0.1, -0.05) is 84.5 Å². The van der Waals surface area contributed by atoms with Crippen LogP contribution in [-0.2, 0) is 16.2 Å². The summed E-state index contributed by atoms with van der Waals surface area (Å²) in [7, 11) is 1.51. The number of benzene rings is 1. The van der Waals surface area contributed by atoms with Crippen LogP contribution in [0.4, 0.5) is 0 Å². The van der Waals surface area contributed by atoms with Crippen molar-refractivity contribution in [3.63, 3.8) is 0 Å². The minimum Gasteiger partial charge on any atom is -0.493 e. The maximum absolute atomic E-state index is 13.8. The summed E-state index contributed by atoms with van der Waals surface area (Å²) >= 11 is 0. The number of aliphatic hydroxyl groups is 3. The van der Waals surface area contributed by atoms with Gasteiger partial charge in [0.15, 0.2) is 11.5 Å². The molecule has 9 nitrogen and oxygen atoms in total. The van der Waals surface area contributed by atoms with Crippen molar-refractivity contribution in [1.82, 2.24) is 10.2 Å². The van der Waals surface area contributed by atoms with Crippen molar-refractivity contribution in [3.05, 3.63) is 34.9 Å². The van der Waals surface area contributed by atoms with Crippen LogP contribution < -0.4 is 14.8 Å². The van der Waals surface area contributed by atoms with Gasteiger partial charge in [0.2, 0.25) is 11.8 Å². The molecular formula is C35H56N2O7. The number of fused-ring (bicyclic) bond motifs is 3. The third kappa shape index (κ3) is 9.44. The lowest BCUT2D eigenvalue weighted by Crippen LogP contribution is -2.56. The lowest BCUT2D eigenvalue weighted by molar-refractivity contribution is -0.137. The van der Waals surface area contributed by atoms with E-state index in [-0.39, 0.29) is 31.6 Å². The Hall–Kier alpha value is -2.62. The van der Waals surface area contributed by atoms with Gasteiger partial charge in [0.1, 0.15) is 12.2 Å². The summed E-state index contributed by atoms with van der Waals surface area (Å²) in [5.74, 6) is -0.180. The second-order valence-electron chi connectivity index (χ2n) is 12.2. The molecular weight excluding hydrogens is 560 g/mol. The fraction of sp³-hybridized carbons (Fsp3) is 0.714. The van der Waals surface area contributed by atoms with E-state index in [0.29, 0.717) is 41.2 Å². The highest BCUT2D eigenvalue weighted by atomic mass is 16.5. The lowest BCUT2D eigenvalue weighted by atomic mass is 9.77. The first-order valence-electron chi connectivity index (χ1n) is 17.0. The number of hydrogen-bond donors (Lipinski definition) is 4. The number of carbonyl (C=O) groups excluding carboxylic acids is 2. The largest absolute Gasteiger partial charge is 0.493 e. The van der Waals surface area contributed by atoms with Crippen LogP contribution in [0.15, 0.2) is 23.8 Å². The van der Waals surface area contributed by atoms with E-state index in [2.05, 4.69) is 19.2 Å². The topological polar surface area (TPSA) is 129 Å². The molecule has 4 atom stereocenters. The fourth-order valence-electron chi connectivity index (χ4n) is 6.50. The zero-order valence-corrected chi connectivity index (χ0v) is 27.2. The highest BCUT2D eigenvalue weighted by molar-refractivity contribution is 5.96. The summed E-state index contributed by atoms with van der Waals surface area (Å²) in [6.45, 7) is 4.50. The number of hydrogen-bond acceptors (Lipinski definition) is 7. The number of amides is 2. The Labute approximate surface area is 264 Å². The quantitative estimate of drug-likeness (QED) is 0.141. The summed E-state index contributed by atoms with van der Waals surface area (Å²) in [5.41, 5.74) is 1.63. The Morgan fingerprint density at radius 3 is 2.18 bits per heavy atom. The maximum Gasteiger partial charge on any atom is 0.247 e. The number of ether oxygens (including phenoxy) is 2. The van der Waals surface area contributed by atoms with Gasteiger partial charge in [-0.15, -0.1) is 0 Å². The predicted molar refractivity (Wildman–Crippen MR) is 172 cm³/mol. The van der Waals surface area contributed by atoms with E-state index in [1.807, 2.05) is 0 Å². The average molecular weight is 617 g/mol. The highest BCUT2D eigenvalue weighted by Gasteiger charge is 2.51. The normalized spacial score (nSPS) is 20.4. The molecule has 1 aliphatic heterocycles. The number of carbonyl (C=O) groups is 2. The molecule has 0 aromatic heterocycles. The van der Waals surface area contributed by atoms with Crippen LogP contribution in [0.5, 0.6) is 11.5 Å². The summed E-state index contributed by atoms with van der Waals surface area (Å²) in [6, 6.07) is 2.72. The number of nitrogens with one attached hydrogen (secondary N) is 1. The average Bonchev–Trinajstić information content (AvgIpc) is 3.43. The third-order valence-electron chi connectivity index (χ3n) is 8.92. The van der Waals surface area contributed by atoms with Crippen molar-refractivity contribution in [1.29, 1.82) is 0 Å². The molecule has 1 aromatic rings. The van der Waals surface area contributed by atoms with Crippen LogP contribution in [0, 0.1) is 0 Å². The van der Waals surface area contributed by atoms with Gasteiger partial charge in [0.25, 0.3) is 0 Å². The lowest BCUT2D eigenvalue weighted by Gasteiger charge is -2.41. The van der Waals surface area contributed by atoms with Crippen molar-refractivity contribution in [2.24, 2.45) is 0 Å². The SMILES string of the molecule is CCCCCCCCCCCC(=O)N(CCCCCC)[C@@H]1C=C(C(=O)NCCO)[C@@H]2c3cc(CO)cc(OC)c3O[C@@H]2[C@H]1O.